The van der Waals surface area contributed by atoms with Gasteiger partial charge in [-0.05, 0) is 6.04 Å². The number of hydrogen-bond acceptors (Lipinski definition) is 4. The van der Waals surface area contributed by atoms with Crippen molar-refractivity contribution in [1.82, 2.24) is 4.31 Å². The zero-order valence-corrected chi connectivity index (χ0v) is 13.2. The standard InChI is InChI=1S/C10H24N2O4SSi/c1-18(2,3)7-6-16-9-10-8-15-5-4-12(10)17(11,13)14/h10H,4-9H2,1-3H3,(H2,11,13,14). The number of morpholine rings is 1. The van der Waals surface area contributed by atoms with Crippen LogP contribution >= 0.6 is 0 Å². The van der Waals surface area contributed by atoms with E-state index < -0.39 is 18.3 Å². The number of rotatable bonds is 6. The maximum Gasteiger partial charge on any atom is 0.277 e. The van der Waals surface area contributed by atoms with Gasteiger partial charge in [-0.25, -0.2) is 5.14 Å². The molecule has 0 aromatic heterocycles. The molecule has 0 bridgehead atoms. The summed E-state index contributed by atoms with van der Waals surface area (Å²) in [7, 11) is -4.77. The molecule has 1 atom stereocenters. The molecular formula is C10H24N2O4SSi. The predicted molar refractivity (Wildman–Crippen MR) is 73.4 cm³/mol. The van der Waals surface area contributed by atoms with E-state index in [9.17, 15) is 8.42 Å². The summed E-state index contributed by atoms with van der Waals surface area (Å²) in [6, 6.07) is 0.769. The van der Waals surface area contributed by atoms with Gasteiger partial charge in [-0.2, -0.15) is 12.7 Å². The zero-order chi connectivity index (χ0) is 13.8. The molecule has 1 rings (SSSR count). The minimum Gasteiger partial charge on any atom is -0.380 e. The first-order valence-corrected chi connectivity index (χ1v) is 11.4. The first kappa shape index (κ1) is 16.1. The average molecular weight is 296 g/mol. The molecule has 0 aliphatic carbocycles. The van der Waals surface area contributed by atoms with Gasteiger partial charge < -0.3 is 9.47 Å². The van der Waals surface area contributed by atoms with Crippen LogP contribution in [0.2, 0.25) is 25.7 Å². The molecule has 0 aromatic carbocycles. The van der Waals surface area contributed by atoms with Crippen molar-refractivity contribution >= 4 is 18.3 Å². The SMILES string of the molecule is C[Si](C)(C)CCOCC1COCCN1S(N)(=O)=O. The second-order valence-corrected chi connectivity index (χ2v) is 12.9. The monoisotopic (exact) mass is 296 g/mol. The van der Waals surface area contributed by atoms with Gasteiger partial charge in [-0.15, -0.1) is 0 Å². The lowest BCUT2D eigenvalue weighted by Gasteiger charge is -2.33. The first-order valence-electron chi connectivity index (χ1n) is 6.15. The highest BCUT2D eigenvalue weighted by molar-refractivity contribution is 7.86. The Morgan fingerprint density at radius 1 is 1.44 bits per heavy atom. The molecule has 18 heavy (non-hydrogen) atoms. The fourth-order valence-corrected chi connectivity index (χ4v) is 3.33. The van der Waals surface area contributed by atoms with Gasteiger partial charge in [0.1, 0.15) is 0 Å². The molecular weight excluding hydrogens is 272 g/mol. The third-order valence-corrected chi connectivity index (χ3v) is 5.65. The maximum absolute atomic E-state index is 11.4. The van der Waals surface area contributed by atoms with Crippen molar-refractivity contribution in [3.63, 3.8) is 0 Å². The van der Waals surface area contributed by atoms with Crippen LogP contribution in [-0.2, 0) is 19.7 Å². The molecule has 0 amide bonds. The van der Waals surface area contributed by atoms with E-state index in [1.807, 2.05) is 0 Å². The molecule has 1 aliphatic heterocycles. The van der Waals surface area contributed by atoms with Crippen molar-refractivity contribution in [3.05, 3.63) is 0 Å². The van der Waals surface area contributed by atoms with Crippen molar-refractivity contribution in [2.75, 3.05) is 33.0 Å². The molecule has 6 nitrogen and oxygen atoms in total. The minimum atomic E-state index is -3.66. The van der Waals surface area contributed by atoms with E-state index in [1.54, 1.807) is 0 Å². The lowest BCUT2D eigenvalue weighted by atomic mass is 10.3. The van der Waals surface area contributed by atoms with E-state index in [0.29, 0.717) is 33.0 Å². The Balaban J connectivity index is 2.39. The fourth-order valence-electron chi connectivity index (χ4n) is 1.70. The van der Waals surface area contributed by atoms with Gasteiger partial charge in [0.05, 0.1) is 25.9 Å². The Bertz CT molecular complexity index is 355. The topological polar surface area (TPSA) is 81.9 Å². The second-order valence-electron chi connectivity index (χ2n) is 5.77. The van der Waals surface area contributed by atoms with Crippen LogP contribution in [0.3, 0.4) is 0 Å². The third-order valence-electron chi connectivity index (χ3n) is 2.81. The second kappa shape index (κ2) is 6.44. The highest BCUT2D eigenvalue weighted by Crippen LogP contribution is 2.12. The van der Waals surface area contributed by atoms with Crippen LogP contribution in [-0.4, -0.2) is 59.8 Å². The van der Waals surface area contributed by atoms with Crippen LogP contribution in [0.15, 0.2) is 0 Å². The molecule has 0 spiro atoms. The summed E-state index contributed by atoms with van der Waals surface area (Å²) in [5, 5.41) is 5.17. The smallest absolute Gasteiger partial charge is 0.277 e. The molecule has 8 heteroatoms. The Morgan fingerprint density at radius 3 is 2.67 bits per heavy atom. The van der Waals surface area contributed by atoms with Gasteiger partial charge in [-0.3, -0.25) is 0 Å². The van der Waals surface area contributed by atoms with Gasteiger partial charge in [-0.1, -0.05) is 19.6 Å². The number of hydrogen-bond donors (Lipinski definition) is 1. The molecule has 0 aromatic rings. The summed E-state index contributed by atoms with van der Waals surface area (Å²) in [6.45, 7) is 8.89. The summed E-state index contributed by atoms with van der Waals surface area (Å²) < 4.78 is 34.9. The third kappa shape index (κ3) is 5.76. The van der Waals surface area contributed by atoms with Gasteiger partial charge in [0.25, 0.3) is 10.2 Å². The summed E-state index contributed by atoms with van der Waals surface area (Å²) in [6.07, 6.45) is 0. The molecule has 0 radical (unpaired) electrons. The predicted octanol–water partition coefficient (Wildman–Crippen LogP) is 0.246. The Labute approximate surface area is 111 Å². The summed E-state index contributed by atoms with van der Waals surface area (Å²) >= 11 is 0. The van der Waals surface area contributed by atoms with Crippen molar-refractivity contribution < 1.29 is 17.9 Å². The van der Waals surface area contributed by atoms with E-state index in [1.165, 1.54) is 4.31 Å². The Morgan fingerprint density at radius 2 is 2.11 bits per heavy atom. The van der Waals surface area contributed by atoms with Crippen molar-refractivity contribution in [2.45, 2.75) is 31.7 Å². The largest absolute Gasteiger partial charge is 0.380 e. The zero-order valence-electron chi connectivity index (χ0n) is 11.4. The van der Waals surface area contributed by atoms with Crippen LogP contribution in [0.4, 0.5) is 0 Å². The summed E-state index contributed by atoms with van der Waals surface area (Å²) in [4.78, 5) is 0. The number of nitrogens with zero attached hydrogens (tertiary/aromatic N) is 1. The van der Waals surface area contributed by atoms with E-state index >= 15 is 0 Å². The molecule has 1 heterocycles. The molecule has 2 N–H and O–H groups in total. The van der Waals surface area contributed by atoms with E-state index in [0.717, 1.165) is 6.04 Å². The van der Waals surface area contributed by atoms with Crippen LogP contribution in [0, 0.1) is 0 Å². The van der Waals surface area contributed by atoms with Gasteiger partial charge in [0, 0.05) is 21.2 Å². The maximum atomic E-state index is 11.4. The molecule has 108 valence electrons. The number of ether oxygens (including phenoxy) is 2. The molecule has 0 saturated carbocycles. The minimum absolute atomic E-state index is 0.296. The lowest BCUT2D eigenvalue weighted by molar-refractivity contribution is -0.00688. The Kier molecular flexibility index (Phi) is 5.75. The van der Waals surface area contributed by atoms with Crippen LogP contribution in [0.5, 0.6) is 0 Å². The molecule has 1 aliphatic rings. The fraction of sp³-hybridized carbons (Fsp3) is 1.00. The van der Waals surface area contributed by atoms with Crippen molar-refractivity contribution in [2.24, 2.45) is 5.14 Å². The number of nitrogens with two attached hydrogens (primary N) is 1. The quantitative estimate of drug-likeness (QED) is 0.562. The highest BCUT2D eigenvalue weighted by Gasteiger charge is 2.30. The van der Waals surface area contributed by atoms with Crippen molar-refractivity contribution in [1.29, 1.82) is 0 Å². The summed E-state index contributed by atoms with van der Waals surface area (Å²) in [5.74, 6) is 0. The summed E-state index contributed by atoms with van der Waals surface area (Å²) in [5.41, 5.74) is 0. The van der Waals surface area contributed by atoms with E-state index in [2.05, 4.69) is 19.6 Å². The van der Waals surface area contributed by atoms with Crippen LogP contribution < -0.4 is 5.14 Å². The van der Waals surface area contributed by atoms with Crippen LogP contribution in [0.25, 0.3) is 0 Å². The van der Waals surface area contributed by atoms with E-state index in [4.69, 9.17) is 14.6 Å². The lowest BCUT2D eigenvalue weighted by Crippen LogP contribution is -2.53. The molecule has 1 fully saturated rings. The molecule has 1 unspecified atom stereocenters. The van der Waals surface area contributed by atoms with Gasteiger partial charge in [0.2, 0.25) is 0 Å². The first-order chi connectivity index (χ1) is 8.20. The van der Waals surface area contributed by atoms with E-state index in [-0.39, 0.29) is 6.04 Å². The highest BCUT2D eigenvalue weighted by atomic mass is 32.2. The van der Waals surface area contributed by atoms with Crippen molar-refractivity contribution in [3.8, 4) is 0 Å². The Hall–Kier alpha value is 0.00688. The van der Waals surface area contributed by atoms with Gasteiger partial charge in [0.15, 0.2) is 0 Å². The normalized spacial score (nSPS) is 23.2. The average Bonchev–Trinajstić information content (AvgIpc) is 2.22. The van der Waals surface area contributed by atoms with Gasteiger partial charge >= 0.3 is 0 Å². The molecule has 1 saturated heterocycles. The van der Waals surface area contributed by atoms with Crippen LogP contribution in [0.1, 0.15) is 0 Å².